The molecule has 3 aromatic carbocycles. The van der Waals surface area contributed by atoms with Crippen molar-refractivity contribution in [2.75, 3.05) is 18.1 Å². The van der Waals surface area contributed by atoms with Gasteiger partial charge in [-0.1, -0.05) is 51.0 Å². The fourth-order valence-corrected chi connectivity index (χ4v) is 5.28. The molecule has 0 bridgehead atoms. The molecular formula is C30H33N3O2. The number of hydrogen-bond donors (Lipinski definition) is 0. The summed E-state index contributed by atoms with van der Waals surface area (Å²) in [5.41, 5.74) is 3.46. The molecule has 0 amide bonds. The molecular weight excluding hydrogens is 434 g/mol. The van der Waals surface area contributed by atoms with Crippen molar-refractivity contribution in [3.8, 4) is 0 Å². The minimum Gasteiger partial charge on any atom is -0.341 e. The second kappa shape index (κ2) is 9.57. The minimum absolute atomic E-state index is 0.0166. The average Bonchev–Trinajstić information content (AvgIpc) is 2.89. The van der Waals surface area contributed by atoms with Crippen LogP contribution in [0.3, 0.4) is 0 Å². The van der Waals surface area contributed by atoms with Crippen molar-refractivity contribution in [1.29, 1.82) is 0 Å². The topological polar surface area (TPSA) is 47.2 Å². The molecule has 0 fully saturated rings. The summed E-state index contributed by atoms with van der Waals surface area (Å²) < 4.78 is 4.36. The number of rotatable bonds is 8. The molecule has 0 aliphatic carbocycles. The first kappa shape index (κ1) is 23.2. The number of nitrogens with zero attached hydrogens (tertiary/aromatic N) is 3. The molecule has 0 radical (unpaired) electrons. The summed E-state index contributed by atoms with van der Waals surface area (Å²) in [6.07, 6.45) is 4.31. The summed E-state index contributed by atoms with van der Waals surface area (Å²) in [4.78, 5) is 27.4. The van der Waals surface area contributed by atoms with Crippen molar-refractivity contribution < 1.29 is 0 Å². The first-order valence-corrected chi connectivity index (χ1v) is 12.9. The summed E-state index contributed by atoms with van der Waals surface area (Å²) in [5, 5.41) is 5.11. The van der Waals surface area contributed by atoms with Gasteiger partial charge in [0.2, 0.25) is 0 Å². The van der Waals surface area contributed by atoms with Crippen LogP contribution in [0.4, 0.5) is 0 Å². The summed E-state index contributed by atoms with van der Waals surface area (Å²) in [6.45, 7) is 8.98. The highest BCUT2D eigenvalue weighted by molar-refractivity contribution is 6.03. The molecule has 0 spiro atoms. The maximum absolute atomic E-state index is 13.8. The van der Waals surface area contributed by atoms with Crippen LogP contribution in [-0.2, 0) is 6.54 Å². The van der Waals surface area contributed by atoms with Gasteiger partial charge in [-0.2, -0.15) is 0 Å². The predicted octanol–water partition coefficient (Wildman–Crippen LogP) is 6.18. The highest BCUT2D eigenvalue weighted by Crippen LogP contribution is 2.27. The Bertz CT molecular complexity index is 1650. The van der Waals surface area contributed by atoms with Crippen LogP contribution >= 0.6 is 0 Å². The second-order valence-electron chi connectivity index (χ2n) is 9.30. The summed E-state index contributed by atoms with van der Waals surface area (Å²) >= 11 is 0. The van der Waals surface area contributed by atoms with Crippen LogP contribution in [0.5, 0.6) is 0 Å². The number of hydrogen-bond acceptors (Lipinski definition) is 3. The quantitative estimate of drug-likeness (QED) is 0.256. The molecule has 0 unspecified atom stereocenters. The number of fused-ring (bicyclic) bond motifs is 4. The smallest absolute Gasteiger partial charge is 0.197 e. The van der Waals surface area contributed by atoms with Gasteiger partial charge in [0.1, 0.15) is 0 Å². The molecule has 35 heavy (non-hydrogen) atoms. The Balaban J connectivity index is 1.97. The lowest BCUT2D eigenvalue weighted by atomic mass is 10.0. The molecule has 0 aliphatic heterocycles. The predicted molar refractivity (Wildman–Crippen MR) is 148 cm³/mol. The fraction of sp³-hybridized carbons (Fsp3) is 0.333. The molecule has 0 saturated heterocycles. The SMILES string of the molecule is CCCCN(CCCC)n1c2ccccc2c(=O)c2cc3c(cc21)c(=O)c1ccccc1n3CC. The highest BCUT2D eigenvalue weighted by atomic mass is 16.1. The first-order valence-electron chi connectivity index (χ1n) is 12.9. The number of aromatic nitrogens is 2. The number of pyridine rings is 2. The van der Waals surface area contributed by atoms with Gasteiger partial charge in [-0.3, -0.25) is 14.3 Å². The maximum atomic E-state index is 13.8. The van der Waals surface area contributed by atoms with E-state index in [1.165, 1.54) is 0 Å². The third-order valence-electron chi connectivity index (χ3n) is 7.08. The summed E-state index contributed by atoms with van der Waals surface area (Å²) in [7, 11) is 0. The van der Waals surface area contributed by atoms with Crippen LogP contribution in [0.1, 0.15) is 46.5 Å². The molecule has 2 aromatic heterocycles. The van der Waals surface area contributed by atoms with Crippen LogP contribution in [0.25, 0.3) is 43.6 Å². The molecule has 5 aromatic rings. The standard InChI is InChI=1S/C30H33N3O2/c1-4-7-17-31(18-8-5-2)33-26-16-12-10-14-22(26)30(35)24-19-27-23(20-28(24)33)29(34)21-13-9-11-15-25(21)32(27)6-3/h9-16,19-20H,4-8,17-18H2,1-3H3. The fourth-order valence-electron chi connectivity index (χ4n) is 5.28. The van der Waals surface area contributed by atoms with Gasteiger partial charge in [-0.15, -0.1) is 0 Å². The number of benzene rings is 3. The zero-order valence-electron chi connectivity index (χ0n) is 20.9. The Hall–Kier alpha value is -3.60. The van der Waals surface area contributed by atoms with E-state index in [9.17, 15) is 9.59 Å². The monoisotopic (exact) mass is 467 g/mol. The van der Waals surface area contributed by atoms with Crippen molar-refractivity contribution in [3.63, 3.8) is 0 Å². The van der Waals surface area contributed by atoms with E-state index in [4.69, 9.17) is 0 Å². The van der Waals surface area contributed by atoms with Crippen LogP contribution in [0.2, 0.25) is 0 Å². The molecule has 5 nitrogen and oxygen atoms in total. The average molecular weight is 468 g/mol. The molecule has 2 heterocycles. The second-order valence-corrected chi connectivity index (χ2v) is 9.30. The highest BCUT2D eigenvalue weighted by Gasteiger charge is 2.19. The van der Waals surface area contributed by atoms with E-state index < -0.39 is 0 Å². The molecule has 0 aliphatic rings. The van der Waals surface area contributed by atoms with Crippen molar-refractivity contribution in [2.24, 2.45) is 0 Å². The van der Waals surface area contributed by atoms with E-state index >= 15 is 0 Å². The van der Waals surface area contributed by atoms with Gasteiger partial charge in [0, 0.05) is 35.8 Å². The Morgan fingerprint density at radius 3 is 1.74 bits per heavy atom. The van der Waals surface area contributed by atoms with Gasteiger partial charge in [0.25, 0.3) is 0 Å². The third kappa shape index (κ3) is 3.79. The van der Waals surface area contributed by atoms with Gasteiger partial charge >= 0.3 is 0 Å². The van der Waals surface area contributed by atoms with E-state index in [-0.39, 0.29) is 10.9 Å². The Morgan fingerprint density at radius 2 is 1.14 bits per heavy atom. The van der Waals surface area contributed by atoms with Crippen LogP contribution in [-0.4, -0.2) is 22.3 Å². The lowest BCUT2D eigenvalue weighted by Gasteiger charge is -2.31. The molecule has 0 N–H and O–H groups in total. The number of unbranched alkanes of at least 4 members (excludes halogenated alkanes) is 2. The Kier molecular flexibility index (Phi) is 6.33. The number of aryl methyl sites for hydroxylation is 1. The molecule has 0 atom stereocenters. The van der Waals surface area contributed by atoms with Crippen molar-refractivity contribution >= 4 is 43.6 Å². The van der Waals surface area contributed by atoms with Crippen molar-refractivity contribution in [1.82, 2.24) is 9.24 Å². The van der Waals surface area contributed by atoms with E-state index in [2.05, 4.69) is 35.0 Å². The molecule has 5 heteroatoms. The van der Waals surface area contributed by atoms with Crippen molar-refractivity contribution in [3.05, 3.63) is 81.1 Å². The molecule has 5 rings (SSSR count). The third-order valence-corrected chi connectivity index (χ3v) is 7.08. The van der Waals surface area contributed by atoms with E-state index in [1.807, 2.05) is 60.7 Å². The summed E-state index contributed by atoms with van der Waals surface area (Å²) in [6, 6.07) is 19.5. The normalized spacial score (nSPS) is 11.7. The molecule has 180 valence electrons. The zero-order chi connectivity index (χ0) is 24.5. The van der Waals surface area contributed by atoms with E-state index in [1.54, 1.807) is 0 Å². The lowest BCUT2D eigenvalue weighted by molar-refractivity contribution is 0.564. The number of para-hydroxylation sites is 2. The van der Waals surface area contributed by atoms with Gasteiger partial charge in [0.05, 0.1) is 27.5 Å². The Labute approximate surface area is 205 Å². The minimum atomic E-state index is 0.0166. The zero-order valence-corrected chi connectivity index (χ0v) is 20.9. The van der Waals surface area contributed by atoms with Gasteiger partial charge in [0.15, 0.2) is 10.9 Å². The van der Waals surface area contributed by atoms with Crippen LogP contribution in [0, 0.1) is 0 Å². The lowest BCUT2D eigenvalue weighted by Crippen LogP contribution is -2.38. The van der Waals surface area contributed by atoms with Gasteiger partial charge in [-0.05, 0) is 56.2 Å². The maximum Gasteiger partial charge on any atom is 0.197 e. The van der Waals surface area contributed by atoms with Crippen molar-refractivity contribution in [2.45, 2.75) is 53.0 Å². The Morgan fingerprint density at radius 1 is 0.629 bits per heavy atom. The summed E-state index contributed by atoms with van der Waals surface area (Å²) in [5.74, 6) is 0. The van der Waals surface area contributed by atoms with Gasteiger partial charge < -0.3 is 9.58 Å². The first-order chi connectivity index (χ1) is 17.1. The van der Waals surface area contributed by atoms with E-state index in [0.717, 1.165) is 60.8 Å². The largest absolute Gasteiger partial charge is 0.341 e. The molecule has 0 saturated carbocycles. The van der Waals surface area contributed by atoms with Crippen LogP contribution < -0.4 is 15.9 Å². The van der Waals surface area contributed by atoms with Gasteiger partial charge in [-0.25, -0.2) is 0 Å². The van der Waals surface area contributed by atoms with Crippen LogP contribution in [0.15, 0.2) is 70.3 Å². The van der Waals surface area contributed by atoms with E-state index in [0.29, 0.717) is 28.1 Å².